The van der Waals surface area contributed by atoms with Gasteiger partial charge in [0.25, 0.3) is 0 Å². The van der Waals surface area contributed by atoms with Crippen molar-refractivity contribution in [3.05, 3.63) is 32.2 Å². The van der Waals surface area contributed by atoms with E-state index in [0.717, 1.165) is 40.4 Å². The molecule has 0 spiro atoms. The summed E-state index contributed by atoms with van der Waals surface area (Å²) in [6, 6.07) is 4.08. The second-order valence-corrected chi connectivity index (χ2v) is 6.38. The van der Waals surface area contributed by atoms with Crippen molar-refractivity contribution >= 4 is 31.9 Å². The topological polar surface area (TPSA) is 32.3 Å². The van der Waals surface area contributed by atoms with Crippen LogP contribution in [0.15, 0.2) is 21.1 Å². The number of rotatable bonds is 2. The van der Waals surface area contributed by atoms with E-state index in [9.17, 15) is 5.11 Å². The van der Waals surface area contributed by atoms with Crippen LogP contribution in [0.1, 0.15) is 30.1 Å². The van der Waals surface area contributed by atoms with E-state index in [0.29, 0.717) is 5.92 Å². The number of hydrogen-bond donors (Lipinski definition) is 2. The van der Waals surface area contributed by atoms with Gasteiger partial charge in [-0.2, -0.15) is 0 Å². The van der Waals surface area contributed by atoms with Crippen molar-refractivity contribution in [1.29, 1.82) is 0 Å². The number of hydrogen-bond acceptors (Lipinski definition) is 2. The van der Waals surface area contributed by atoms with Crippen molar-refractivity contribution in [3.63, 3.8) is 0 Å². The van der Waals surface area contributed by atoms with Gasteiger partial charge in [-0.25, -0.2) is 0 Å². The third-order valence-corrected chi connectivity index (χ3v) is 4.92. The van der Waals surface area contributed by atoms with Crippen LogP contribution in [-0.2, 0) is 0 Å². The molecule has 17 heavy (non-hydrogen) atoms. The van der Waals surface area contributed by atoms with E-state index in [1.54, 1.807) is 0 Å². The predicted molar refractivity (Wildman–Crippen MR) is 77.1 cm³/mol. The Labute approximate surface area is 119 Å². The molecule has 0 amide bonds. The van der Waals surface area contributed by atoms with Crippen LogP contribution in [0.5, 0.6) is 0 Å². The van der Waals surface area contributed by atoms with Crippen molar-refractivity contribution in [1.82, 2.24) is 5.32 Å². The fraction of sp³-hybridized carbons (Fsp3) is 0.538. The highest BCUT2D eigenvalue weighted by Gasteiger charge is 2.24. The third kappa shape index (κ3) is 3.11. The summed E-state index contributed by atoms with van der Waals surface area (Å²) >= 11 is 7.07. The van der Waals surface area contributed by atoms with Gasteiger partial charge in [0.1, 0.15) is 0 Å². The van der Waals surface area contributed by atoms with Crippen LogP contribution in [-0.4, -0.2) is 18.2 Å². The first-order valence-corrected chi connectivity index (χ1v) is 7.52. The van der Waals surface area contributed by atoms with Gasteiger partial charge in [0.05, 0.1) is 6.10 Å². The van der Waals surface area contributed by atoms with Crippen LogP contribution in [0.4, 0.5) is 0 Å². The van der Waals surface area contributed by atoms with Crippen LogP contribution in [0.3, 0.4) is 0 Å². The largest absolute Gasteiger partial charge is 0.388 e. The average molecular weight is 363 g/mol. The Morgan fingerprint density at radius 1 is 1.35 bits per heavy atom. The van der Waals surface area contributed by atoms with Crippen molar-refractivity contribution < 1.29 is 5.11 Å². The van der Waals surface area contributed by atoms with Crippen molar-refractivity contribution in [2.75, 3.05) is 13.1 Å². The van der Waals surface area contributed by atoms with E-state index < -0.39 is 6.10 Å². The molecule has 2 atom stereocenters. The molecule has 1 aliphatic rings. The van der Waals surface area contributed by atoms with Gasteiger partial charge in [0, 0.05) is 21.4 Å². The number of nitrogens with one attached hydrogen (secondary N) is 1. The first kappa shape index (κ1) is 13.5. The molecule has 1 heterocycles. The lowest BCUT2D eigenvalue weighted by Gasteiger charge is -2.28. The summed E-state index contributed by atoms with van der Waals surface area (Å²) < 4.78 is 2.05. The maximum atomic E-state index is 10.5. The van der Waals surface area contributed by atoms with Gasteiger partial charge >= 0.3 is 0 Å². The van der Waals surface area contributed by atoms with E-state index in [2.05, 4.69) is 43.2 Å². The minimum Gasteiger partial charge on any atom is -0.388 e. The lowest BCUT2D eigenvalue weighted by molar-refractivity contribution is 0.0915. The molecule has 1 fully saturated rings. The molecule has 0 radical (unpaired) electrons. The minimum absolute atomic E-state index is 0.314. The molecule has 0 bridgehead atoms. The van der Waals surface area contributed by atoms with Gasteiger partial charge < -0.3 is 10.4 Å². The molecule has 1 aromatic carbocycles. The minimum atomic E-state index is -0.394. The first-order chi connectivity index (χ1) is 8.09. The number of aryl methyl sites for hydroxylation is 1. The maximum absolute atomic E-state index is 10.5. The van der Waals surface area contributed by atoms with E-state index in [-0.39, 0.29) is 0 Å². The van der Waals surface area contributed by atoms with Crippen LogP contribution >= 0.6 is 31.9 Å². The quantitative estimate of drug-likeness (QED) is 0.843. The summed E-state index contributed by atoms with van der Waals surface area (Å²) in [6.07, 6.45) is 1.84. The Kier molecular flexibility index (Phi) is 4.64. The second kappa shape index (κ2) is 5.83. The molecular weight excluding hydrogens is 346 g/mol. The predicted octanol–water partition coefficient (Wildman–Crippen LogP) is 3.55. The molecule has 2 unspecified atom stereocenters. The fourth-order valence-electron chi connectivity index (χ4n) is 2.29. The van der Waals surface area contributed by atoms with Crippen LogP contribution in [0.25, 0.3) is 0 Å². The SMILES string of the molecule is Cc1cc(Br)c(C(O)C2CCCNC2)cc1Br. The highest BCUT2D eigenvalue weighted by atomic mass is 79.9. The molecule has 2 nitrogen and oxygen atoms in total. The summed E-state index contributed by atoms with van der Waals surface area (Å²) in [5.41, 5.74) is 2.16. The first-order valence-electron chi connectivity index (χ1n) is 5.94. The van der Waals surface area contributed by atoms with Crippen LogP contribution in [0.2, 0.25) is 0 Å². The number of aliphatic hydroxyl groups excluding tert-OH is 1. The summed E-state index contributed by atoms with van der Waals surface area (Å²) in [5.74, 6) is 0.314. The molecule has 2 rings (SSSR count). The Morgan fingerprint density at radius 2 is 2.12 bits per heavy atom. The standard InChI is InChI=1S/C13H17Br2NO/c1-8-5-12(15)10(6-11(8)14)13(17)9-3-2-4-16-7-9/h5-6,9,13,16-17H,2-4,7H2,1H3. The average Bonchev–Trinajstić information content (AvgIpc) is 2.34. The molecular formula is C13H17Br2NO. The normalized spacial score (nSPS) is 22.5. The second-order valence-electron chi connectivity index (χ2n) is 4.67. The number of piperidine rings is 1. The maximum Gasteiger partial charge on any atom is 0.0841 e. The van der Waals surface area contributed by atoms with E-state index in [1.165, 1.54) is 5.56 Å². The van der Waals surface area contributed by atoms with Gasteiger partial charge in [0.15, 0.2) is 0 Å². The molecule has 0 aromatic heterocycles. The van der Waals surface area contributed by atoms with Crippen LogP contribution in [0, 0.1) is 12.8 Å². The summed E-state index contributed by atoms with van der Waals surface area (Å²) in [6.45, 7) is 4.02. The molecule has 2 N–H and O–H groups in total. The number of benzene rings is 1. The Bertz CT molecular complexity index is 403. The zero-order chi connectivity index (χ0) is 12.4. The zero-order valence-corrected chi connectivity index (χ0v) is 13.0. The Morgan fingerprint density at radius 3 is 2.76 bits per heavy atom. The molecule has 1 aliphatic heterocycles. The smallest absolute Gasteiger partial charge is 0.0841 e. The molecule has 0 aliphatic carbocycles. The zero-order valence-electron chi connectivity index (χ0n) is 9.84. The van der Waals surface area contributed by atoms with Crippen LogP contribution < -0.4 is 5.32 Å². The van der Waals surface area contributed by atoms with Crippen molar-refractivity contribution in [2.45, 2.75) is 25.9 Å². The van der Waals surface area contributed by atoms with E-state index in [4.69, 9.17) is 0 Å². The summed E-state index contributed by atoms with van der Waals surface area (Å²) in [7, 11) is 0. The molecule has 4 heteroatoms. The summed E-state index contributed by atoms with van der Waals surface area (Å²) in [4.78, 5) is 0. The number of halogens is 2. The Hall–Kier alpha value is 0.1000. The molecule has 1 aromatic rings. The van der Waals surface area contributed by atoms with Gasteiger partial charge in [-0.05, 0) is 49.6 Å². The van der Waals surface area contributed by atoms with E-state index >= 15 is 0 Å². The van der Waals surface area contributed by atoms with Gasteiger partial charge in [-0.15, -0.1) is 0 Å². The third-order valence-electron chi connectivity index (χ3n) is 3.38. The van der Waals surface area contributed by atoms with Crippen molar-refractivity contribution in [3.8, 4) is 0 Å². The fourth-order valence-corrected chi connectivity index (χ4v) is 3.34. The lowest BCUT2D eigenvalue weighted by Crippen LogP contribution is -2.33. The summed E-state index contributed by atoms with van der Waals surface area (Å²) in [5, 5.41) is 13.8. The van der Waals surface area contributed by atoms with E-state index in [1.807, 2.05) is 13.0 Å². The molecule has 1 saturated heterocycles. The van der Waals surface area contributed by atoms with Crippen molar-refractivity contribution in [2.24, 2.45) is 5.92 Å². The molecule has 0 saturated carbocycles. The molecule has 94 valence electrons. The number of aliphatic hydroxyl groups is 1. The highest BCUT2D eigenvalue weighted by molar-refractivity contribution is 9.11. The highest BCUT2D eigenvalue weighted by Crippen LogP contribution is 2.35. The lowest BCUT2D eigenvalue weighted by atomic mass is 9.89. The van der Waals surface area contributed by atoms with Gasteiger partial charge in [-0.1, -0.05) is 31.9 Å². The van der Waals surface area contributed by atoms with Gasteiger partial charge in [0.2, 0.25) is 0 Å². The Balaban J connectivity index is 2.23. The monoisotopic (exact) mass is 361 g/mol. The van der Waals surface area contributed by atoms with Gasteiger partial charge in [-0.3, -0.25) is 0 Å².